The summed E-state index contributed by atoms with van der Waals surface area (Å²) in [4.78, 5) is 26.6. The van der Waals surface area contributed by atoms with E-state index in [1.807, 2.05) is 0 Å². The van der Waals surface area contributed by atoms with Gasteiger partial charge in [0.2, 0.25) is 0 Å². The van der Waals surface area contributed by atoms with Crippen LogP contribution in [0.3, 0.4) is 0 Å². The largest absolute Gasteiger partial charge is 0.356 e. The van der Waals surface area contributed by atoms with Gasteiger partial charge in [-0.15, -0.1) is 0 Å². The van der Waals surface area contributed by atoms with Crippen molar-refractivity contribution in [3.05, 3.63) is 35.6 Å². The number of hydrogen-bond acceptors (Lipinski definition) is 7. The van der Waals surface area contributed by atoms with Crippen LogP contribution >= 0.6 is 0 Å². The third kappa shape index (κ3) is 57.3. The average Bonchev–Trinajstić information content (AvgIpc) is 1.56. The van der Waals surface area contributed by atoms with Crippen LogP contribution < -0.4 is 0 Å². The first-order valence-corrected chi connectivity index (χ1v) is 2.51. The van der Waals surface area contributed by atoms with Gasteiger partial charge in [0.15, 0.2) is 0 Å². The fraction of sp³-hybridized carbons (Fsp3) is 0. The van der Waals surface area contributed by atoms with E-state index in [4.69, 9.17) is 35.6 Å². The third-order valence-corrected chi connectivity index (χ3v) is 0.449. The predicted octanol–water partition coefficient (Wildman–Crippen LogP) is -0.787. The zero-order chi connectivity index (χ0) is 9.44. The maximum absolute atomic E-state index is 9.16. The molecule has 0 N–H and O–H groups in total. The summed E-state index contributed by atoms with van der Waals surface area (Å²) in [5, 5.41) is 33.1. The molecule has 10 nitrogen and oxygen atoms in total. The maximum Gasteiger partial charge on any atom is 0.0689 e. The van der Waals surface area contributed by atoms with Gasteiger partial charge in [0, 0.05) is 0 Å². The Kier molecular flexibility index (Phi) is 7.35. The van der Waals surface area contributed by atoms with Gasteiger partial charge in [-0.2, -0.15) is 0 Å². The molecule has 0 aliphatic heterocycles. The molecule has 66 valence electrons. The monoisotopic (exact) mass is 213 g/mol. The van der Waals surface area contributed by atoms with Crippen LogP contribution in [0.25, 0.3) is 0 Å². The van der Waals surface area contributed by atoms with Gasteiger partial charge in [-0.1, -0.05) is 0 Å². The van der Waals surface area contributed by atoms with Gasteiger partial charge in [0.1, 0.15) is 0 Å². The first kappa shape index (κ1) is 12.2. The molecule has 11 heavy (non-hydrogen) atoms. The molecule has 11 heteroatoms. The normalized spacial score (nSPS) is 7.64. The van der Waals surface area contributed by atoms with E-state index in [0.717, 1.165) is 0 Å². The standard InChI is InChI=1S/Co.NO3.2NO2/c;2-1(3)4;2*2-1-3/q+1;-1;;. The maximum atomic E-state index is 9.16. The second kappa shape index (κ2) is 6.62. The fourth-order valence-electron chi connectivity index (χ4n) is 0.0444. The van der Waals surface area contributed by atoms with Gasteiger partial charge < -0.3 is 15.3 Å². The van der Waals surface area contributed by atoms with Gasteiger partial charge >= 0.3 is 43.3 Å². The van der Waals surface area contributed by atoms with Crippen LogP contribution in [0.15, 0.2) is 0 Å². The molecule has 0 atom stereocenters. The van der Waals surface area contributed by atoms with Crippen LogP contribution in [0.5, 0.6) is 0 Å². The van der Waals surface area contributed by atoms with E-state index in [1.165, 1.54) is 0 Å². The van der Waals surface area contributed by atoms with Crippen LogP contribution in [-0.4, -0.2) is 13.0 Å². The van der Waals surface area contributed by atoms with Crippen molar-refractivity contribution >= 4 is 0 Å². The SMILES string of the molecule is O=[N+]([O-])[Co+][N+](=O)[O-].O=[N+]([O-])[O-]. The van der Waals surface area contributed by atoms with E-state index in [0.29, 0.717) is 0 Å². The Bertz CT molecular complexity index is 147. The first-order chi connectivity index (χ1) is 4.86. The molecule has 0 rings (SSSR count). The Labute approximate surface area is 64.6 Å². The van der Waals surface area contributed by atoms with E-state index in [1.54, 1.807) is 0 Å². The van der Waals surface area contributed by atoms with Crippen molar-refractivity contribution in [3.8, 4) is 0 Å². The third-order valence-electron chi connectivity index (χ3n) is 0.109. The van der Waals surface area contributed by atoms with Crippen LogP contribution in [0.1, 0.15) is 0 Å². The van der Waals surface area contributed by atoms with Crippen LogP contribution in [0, 0.1) is 35.6 Å². The summed E-state index contributed by atoms with van der Waals surface area (Å²) in [7, 11) is 0. The van der Waals surface area contributed by atoms with Crippen molar-refractivity contribution in [1.82, 2.24) is 0 Å². The molecule has 0 fully saturated rings. The molecule has 0 unspecified atom stereocenters. The molecule has 0 bridgehead atoms. The predicted molar refractivity (Wildman–Crippen MR) is 24.4 cm³/mol. The van der Waals surface area contributed by atoms with Crippen LogP contribution in [-0.2, 0) is 15.1 Å². The Morgan fingerprint density at radius 3 is 1.00 bits per heavy atom. The number of nitro groups is 2. The number of hydrogen-bond donors (Lipinski definition) is 0. The van der Waals surface area contributed by atoms with Crippen molar-refractivity contribution in [3.63, 3.8) is 0 Å². The number of nitrogens with zero attached hydrogens (tertiary/aromatic N) is 3. The second-order valence-corrected chi connectivity index (χ2v) is 1.65. The van der Waals surface area contributed by atoms with E-state index in [2.05, 4.69) is 0 Å². The molecule has 0 aromatic carbocycles. The molecule has 0 aliphatic rings. The second-order valence-electron chi connectivity index (χ2n) is 0.683. The van der Waals surface area contributed by atoms with Crippen molar-refractivity contribution < 1.29 is 28.2 Å². The summed E-state index contributed by atoms with van der Waals surface area (Å²) in [5.41, 5.74) is 0. The molecule has 0 saturated carbocycles. The zero-order valence-corrected chi connectivity index (χ0v) is 5.57. The summed E-state index contributed by atoms with van der Waals surface area (Å²) in [5.74, 6) is 0. The molecule has 0 heterocycles. The molecule has 0 aliphatic carbocycles. The minimum atomic E-state index is -1.75. The summed E-state index contributed by atoms with van der Waals surface area (Å²) < 4.78 is -2.06. The first-order valence-electron chi connectivity index (χ1n) is 1.58. The van der Waals surface area contributed by atoms with Gasteiger partial charge in [-0.25, -0.2) is 0 Å². The summed E-state index contributed by atoms with van der Waals surface area (Å²) in [6.45, 7) is 0. The Balaban J connectivity index is 0. The molecule has 0 saturated heterocycles. The Hall–Kier alpha value is -1.49. The van der Waals surface area contributed by atoms with Crippen molar-refractivity contribution in [2.24, 2.45) is 0 Å². The minimum absolute atomic E-state index is 0.951. The molecule has 0 aromatic heterocycles. The smallest absolute Gasteiger partial charge is 0.0689 e. The zero-order valence-electron chi connectivity index (χ0n) is 4.53. The Morgan fingerprint density at radius 1 is 0.818 bits per heavy atom. The molecule has 0 amide bonds. The summed E-state index contributed by atoms with van der Waals surface area (Å²) in [6, 6.07) is 0. The topological polar surface area (TPSA) is 152 Å². The van der Waals surface area contributed by atoms with Crippen molar-refractivity contribution in [2.45, 2.75) is 0 Å². The molecule has 0 radical (unpaired) electrons. The van der Waals surface area contributed by atoms with Crippen LogP contribution in [0.4, 0.5) is 0 Å². The fourth-order valence-corrected chi connectivity index (χ4v) is 0.183. The van der Waals surface area contributed by atoms with Crippen molar-refractivity contribution in [2.75, 3.05) is 0 Å². The van der Waals surface area contributed by atoms with E-state index in [-0.39, 0.29) is 0 Å². The molecular weight excluding hydrogens is 213 g/mol. The van der Waals surface area contributed by atoms with Crippen LogP contribution in [0.2, 0.25) is 0 Å². The van der Waals surface area contributed by atoms with Gasteiger partial charge in [-0.05, 0) is 0 Å². The quantitative estimate of drug-likeness (QED) is 0.430. The molecular formula is CoN3O7. The molecule has 0 aromatic rings. The minimum Gasteiger partial charge on any atom is -0.356 e. The van der Waals surface area contributed by atoms with E-state index in [9.17, 15) is 0 Å². The molecule has 0 spiro atoms. The Morgan fingerprint density at radius 2 is 1.00 bits per heavy atom. The van der Waals surface area contributed by atoms with Gasteiger partial charge in [-0.3, -0.25) is 0 Å². The van der Waals surface area contributed by atoms with Crippen molar-refractivity contribution in [1.29, 1.82) is 0 Å². The van der Waals surface area contributed by atoms with Gasteiger partial charge in [0.05, 0.1) is 5.09 Å². The number of rotatable bonds is 2. The van der Waals surface area contributed by atoms with E-state index >= 15 is 0 Å². The van der Waals surface area contributed by atoms with Gasteiger partial charge in [0.25, 0.3) is 0 Å². The summed E-state index contributed by atoms with van der Waals surface area (Å²) >= 11 is -0.951. The average molecular weight is 213 g/mol. The summed E-state index contributed by atoms with van der Waals surface area (Å²) in [6.07, 6.45) is 0. The van der Waals surface area contributed by atoms with E-state index < -0.39 is 28.2 Å².